The third-order valence-electron chi connectivity index (χ3n) is 3.87. The molecular weight excluding hydrogens is 290 g/mol. The molecule has 124 valence electrons. The lowest BCUT2D eigenvalue weighted by molar-refractivity contribution is 0.271. The molecule has 0 spiro atoms. The molecule has 0 aliphatic rings. The van der Waals surface area contributed by atoms with Crippen molar-refractivity contribution in [2.24, 2.45) is 0 Å². The van der Waals surface area contributed by atoms with E-state index in [0.717, 1.165) is 23.4 Å². The van der Waals surface area contributed by atoms with Crippen LogP contribution in [0, 0.1) is 0 Å². The fourth-order valence-electron chi connectivity index (χ4n) is 2.34. The van der Waals surface area contributed by atoms with Crippen molar-refractivity contribution in [2.45, 2.75) is 39.2 Å². The second-order valence-electron chi connectivity index (χ2n) is 5.84. The van der Waals surface area contributed by atoms with Crippen molar-refractivity contribution >= 4 is 5.82 Å². The van der Waals surface area contributed by atoms with Crippen LogP contribution in [0.3, 0.4) is 0 Å². The van der Waals surface area contributed by atoms with Crippen molar-refractivity contribution in [1.29, 1.82) is 0 Å². The lowest BCUT2D eigenvalue weighted by Gasteiger charge is -2.16. The predicted molar refractivity (Wildman–Crippen MR) is 92.9 cm³/mol. The van der Waals surface area contributed by atoms with E-state index in [-0.39, 0.29) is 12.6 Å². The molecule has 0 saturated carbocycles. The highest BCUT2D eigenvalue weighted by atomic mass is 16.5. The maximum atomic E-state index is 9.32. The average molecular weight is 315 g/mol. The molecule has 23 heavy (non-hydrogen) atoms. The number of rotatable bonds is 7. The Morgan fingerprint density at radius 1 is 1.26 bits per heavy atom. The molecule has 5 heteroatoms. The van der Waals surface area contributed by atoms with Crippen LogP contribution >= 0.6 is 0 Å². The molecule has 1 aromatic heterocycles. The van der Waals surface area contributed by atoms with Crippen molar-refractivity contribution in [3.63, 3.8) is 0 Å². The number of anilines is 1. The van der Waals surface area contributed by atoms with Gasteiger partial charge in [0.25, 0.3) is 0 Å². The lowest BCUT2D eigenvalue weighted by Crippen LogP contribution is -2.23. The molecule has 1 unspecified atom stereocenters. The van der Waals surface area contributed by atoms with Gasteiger partial charge in [-0.1, -0.05) is 26.8 Å². The van der Waals surface area contributed by atoms with Gasteiger partial charge in [-0.05, 0) is 30.0 Å². The Kier molecular flexibility index (Phi) is 5.93. The zero-order chi connectivity index (χ0) is 16.8. The number of aromatic nitrogens is 2. The van der Waals surface area contributed by atoms with Crippen LogP contribution in [0.4, 0.5) is 5.82 Å². The smallest absolute Gasteiger partial charge is 0.145 e. The molecule has 1 aromatic carbocycles. The minimum atomic E-state index is -0.0246. The molecular formula is C18H25N3O2. The van der Waals surface area contributed by atoms with Crippen molar-refractivity contribution < 1.29 is 9.84 Å². The van der Waals surface area contributed by atoms with Crippen LogP contribution in [-0.4, -0.2) is 34.8 Å². The molecule has 1 heterocycles. The standard InChI is InChI=1S/C18H25N3O2/c1-5-14(11-22)20-18-10-19-9-16(21-18)15-8-13(12(2)3)6-7-17(15)23-4/h6-10,12,14,22H,5,11H2,1-4H3,(H,20,21). The maximum absolute atomic E-state index is 9.32. The fraction of sp³-hybridized carbons (Fsp3) is 0.444. The first-order chi connectivity index (χ1) is 11.1. The van der Waals surface area contributed by atoms with E-state index in [2.05, 4.69) is 41.3 Å². The number of aliphatic hydroxyl groups is 1. The summed E-state index contributed by atoms with van der Waals surface area (Å²) < 4.78 is 5.47. The van der Waals surface area contributed by atoms with E-state index < -0.39 is 0 Å². The Labute approximate surface area is 137 Å². The molecule has 5 nitrogen and oxygen atoms in total. The zero-order valence-electron chi connectivity index (χ0n) is 14.2. The van der Waals surface area contributed by atoms with Crippen LogP contribution in [-0.2, 0) is 0 Å². The molecule has 2 aromatic rings. The second kappa shape index (κ2) is 7.92. The third-order valence-corrected chi connectivity index (χ3v) is 3.87. The van der Waals surface area contributed by atoms with Gasteiger partial charge in [0.15, 0.2) is 0 Å². The highest BCUT2D eigenvalue weighted by molar-refractivity contribution is 5.68. The van der Waals surface area contributed by atoms with E-state index in [1.54, 1.807) is 19.5 Å². The summed E-state index contributed by atoms with van der Waals surface area (Å²) in [5, 5.41) is 12.5. The van der Waals surface area contributed by atoms with Crippen molar-refractivity contribution in [3.05, 3.63) is 36.2 Å². The number of methoxy groups -OCH3 is 1. The van der Waals surface area contributed by atoms with Crippen LogP contribution in [0.5, 0.6) is 5.75 Å². The third kappa shape index (κ3) is 4.20. The molecule has 0 saturated heterocycles. The number of nitrogens with one attached hydrogen (secondary N) is 1. The van der Waals surface area contributed by atoms with Gasteiger partial charge >= 0.3 is 0 Å². The van der Waals surface area contributed by atoms with Crippen LogP contribution < -0.4 is 10.1 Å². The maximum Gasteiger partial charge on any atom is 0.145 e. The molecule has 0 bridgehead atoms. The van der Waals surface area contributed by atoms with Crippen LogP contribution in [0.2, 0.25) is 0 Å². The lowest BCUT2D eigenvalue weighted by atomic mass is 9.99. The SMILES string of the molecule is CCC(CO)Nc1cncc(-c2cc(C(C)C)ccc2OC)n1. The number of hydrogen-bond donors (Lipinski definition) is 2. The Balaban J connectivity index is 2.39. The van der Waals surface area contributed by atoms with E-state index in [1.807, 2.05) is 13.0 Å². The second-order valence-corrected chi connectivity index (χ2v) is 5.84. The molecule has 2 N–H and O–H groups in total. The molecule has 0 aliphatic heterocycles. The van der Waals surface area contributed by atoms with Gasteiger partial charge in [0.2, 0.25) is 0 Å². The Hall–Kier alpha value is -2.14. The molecule has 0 aliphatic carbocycles. The van der Waals surface area contributed by atoms with Crippen molar-refractivity contribution in [2.75, 3.05) is 19.0 Å². The summed E-state index contributed by atoms with van der Waals surface area (Å²) in [5.74, 6) is 1.85. The summed E-state index contributed by atoms with van der Waals surface area (Å²) in [7, 11) is 1.66. The van der Waals surface area contributed by atoms with E-state index in [4.69, 9.17) is 4.74 Å². The highest BCUT2D eigenvalue weighted by Crippen LogP contribution is 2.32. The Bertz CT molecular complexity index is 640. The first-order valence-corrected chi connectivity index (χ1v) is 7.96. The molecule has 0 fully saturated rings. The van der Waals surface area contributed by atoms with Gasteiger partial charge < -0.3 is 15.2 Å². The Morgan fingerprint density at radius 2 is 2.04 bits per heavy atom. The van der Waals surface area contributed by atoms with E-state index in [0.29, 0.717) is 11.7 Å². The summed E-state index contributed by atoms with van der Waals surface area (Å²) in [4.78, 5) is 8.89. The first kappa shape index (κ1) is 17.2. The van der Waals surface area contributed by atoms with E-state index in [1.165, 1.54) is 5.56 Å². The summed E-state index contributed by atoms with van der Waals surface area (Å²) in [6.07, 6.45) is 4.21. The van der Waals surface area contributed by atoms with Gasteiger partial charge in [-0.3, -0.25) is 4.98 Å². The molecule has 0 amide bonds. The predicted octanol–water partition coefficient (Wildman–Crippen LogP) is 3.46. The van der Waals surface area contributed by atoms with Crippen LogP contribution in [0.1, 0.15) is 38.7 Å². The number of benzene rings is 1. The Morgan fingerprint density at radius 3 is 2.65 bits per heavy atom. The van der Waals surface area contributed by atoms with Gasteiger partial charge in [-0.25, -0.2) is 4.98 Å². The minimum absolute atomic E-state index is 0.0246. The highest BCUT2D eigenvalue weighted by Gasteiger charge is 2.12. The number of ether oxygens (including phenoxy) is 1. The minimum Gasteiger partial charge on any atom is -0.496 e. The summed E-state index contributed by atoms with van der Waals surface area (Å²) in [5.41, 5.74) is 2.90. The van der Waals surface area contributed by atoms with Crippen molar-refractivity contribution in [3.8, 4) is 17.0 Å². The van der Waals surface area contributed by atoms with Crippen molar-refractivity contribution in [1.82, 2.24) is 9.97 Å². The number of hydrogen-bond acceptors (Lipinski definition) is 5. The van der Waals surface area contributed by atoms with E-state index in [9.17, 15) is 5.11 Å². The van der Waals surface area contributed by atoms with Gasteiger partial charge in [-0.2, -0.15) is 0 Å². The molecule has 1 atom stereocenters. The van der Waals surface area contributed by atoms with Gasteiger partial charge in [0, 0.05) is 5.56 Å². The fourth-order valence-corrected chi connectivity index (χ4v) is 2.34. The summed E-state index contributed by atoms with van der Waals surface area (Å²) in [6, 6.07) is 6.11. The number of nitrogens with zero attached hydrogens (tertiary/aromatic N) is 2. The molecule has 2 rings (SSSR count). The number of aliphatic hydroxyl groups excluding tert-OH is 1. The quantitative estimate of drug-likeness (QED) is 0.819. The van der Waals surface area contributed by atoms with Crippen LogP contribution in [0.25, 0.3) is 11.3 Å². The topological polar surface area (TPSA) is 67.3 Å². The normalized spacial score (nSPS) is 12.3. The van der Waals surface area contributed by atoms with Gasteiger partial charge in [0.05, 0.1) is 37.8 Å². The first-order valence-electron chi connectivity index (χ1n) is 7.96. The molecule has 0 radical (unpaired) electrons. The van der Waals surface area contributed by atoms with E-state index >= 15 is 0 Å². The largest absolute Gasteiger partial charge is 0.496 e. The zero-order valence-corrected chi connectivity index (χ0v) is 14.2. The average Bonchev–Trinajstić information content (AvgIpc) is 2.59. The van der Waals surface area contributed by atoms with Gasteiger partial charge in [-0.15, -0.1) is 0 Å². The summed E-state index contributed by atoms with van der Waals surface area (Å²) >= 11 is 0. The van der Waals surface area contributed by atoms with Gasteiger partial charge in [0.1, 0.15) is 11.6 Å². The summed E-state index contributed by atoms with van der Waals surface area (Å²) in [6.45, 7) is 6.39. The van der Waals surface area contributed by atoms with Crippen LogP contribution in [0.15, 0.2) is 30.6 Å². The monoisotopic (exact) mass is 315 g/mol.